The van der Waals surface area contributed by atoms with Crippen molar-refractivity contribution in [3.05, 3.63) is 58.5 Å². The Labute approximate surface area is 198 Å². The number of nitrogens with one attached hydrogen (secondary N) is 1. The van der Waals surface area contributed by atoms with Gasteiger partial charge in [0.2, 0.25) is 0 Å². The summed E-state index contributed by atoms with van der Waals surface area (Å²) >= 11 is 0. The molecule has 5 rings (SSSR count). The summed E-state index contributed by atoms with van der Waals surface area (Å²) in [5.74, 6) is -0.658. The van der Waals surface area contributed by atoms with Crippen LogP contribution >= 0.6 is 0 Å². The molecule has 0 radical (unpaired) electrons. The number of nitrogens with zero attached hydrogens (tertiary/aromatic N) is 1. The number of anilines is 1. The van der Waals surface area contributed by atoms with E-state index in [1.807, 2.05) is 18.2 Å². The molecule has 34 heavy (non-hydrogen) atoms. The van der Waals surface area contributed by atoms with Crippen molar-refractivity contribution in [2.75, 3.05) is 18.9 Å². The number of hydrogen-bond donors (Lipinski definition) is 3. The molecule has 0 unspecified atom stereocenters. The van der Waals surface area contributed by atoms with E-state index in [-0.39, 0.29) is 17.7 Å². The molecular formula is C27H30FN3O3. The SMILES string of the molecule is Cc1cc(-n2c(C3CCOCC3)c(CC3CC(C(=O)O)C3)c3cc(N)c(C=N)cc32)ccc1F. The number of aromatic nitrogens is 1. The summed E-state index contributed by atoms with van der Waals surface area (Å²) in [6.07, 6.45) is 5.18. The Kier molecular flexibility index (Phi) is 5.90. The molecular weight excluding hydrogens is 433 g/mol. The van der Waals surface area contributed by atoms with Gasteiger partial charge in [0.05, 0.1) is 11.4 Å². The van der Waals surface area contributed by atoms with Gasteiger partial charge in [-0.2, -0.15) is 0 Å². The predicted molar refractivity (Wildman–Crippen MR) is 131 cm³/mol. The van der Waals surface area contributed by atoms with Gasteiger partial charge in [0, 0.05) is 53.4 Å². The van der Waals surface area contributed by atoms with Crippen molar-refractivity contribution in [1.82, 2.24) is 4.57 Å². The van der Waals surface area contributed by atoms with Gasteiger partial charge in [0.1, 0.15) is 5.82 Å². The molecule has 7 heteroatoms. The summed E-state index contributed by atoms with van der Waals surface area (Å²) in [5.41, 5.74) is 12.3. The average molecular weight is 464 g/mol. The highest BCUT2D eigenvalue weighted by molar-refractivity contribution is 5.97. The zero-order chi connectivity index (χ0) is 24.0. The van der Waals surface area contributed by atoms with Crippen molar-refractivity contribution in [2.24, 2.45) is 11.8 Å². The topological polar surface area (TPSA) is 101 Å². The van der Waals surface area contributed by atoms with Crippen LogP contribution in [-0.4, -0.2) is 35.1 Å². The van der Waals surface area contributed by atoms with Crippen LogP contribution in [0.15, 0.2) is 30.3 Å². The number of aryl methyl sites for hydroxylation is 1. The first-order valence-electron chi connectivity index (χ1n) is 11.9. The van der Waals surface area contributed by atoms with Gasteiger partial charge in [0.15, 0.2) is 0 Å². The summed E-state index contributed by atoms with van der Waals surface area (Å²) in [5, 5.41) is 18.2. The van der Waals surface area contributed by atoms with Crippen molar-refractivity contribution < 1.29 is 19.0 Å². The Balaban J connectivity index is 1.73. The first kappa shape index (κ1) is 22.6. The first-order chi connectivity index (χ1) is 16.4. The van der Waals surface area contributed by atoms with Crippen LogP contribution in [0.4, 0.5) is 10.1 Å². The molecule has 4 N–H and O–H groups in total. The smallest absolute Gasteiger partial charge is 0.306 e. The van der Waals surface area contributed by atoms with Crippen LogP contribution in [0.3, 0.4) is 0 Å². The molecule has 0 bridgehead atoms. The average Bonchev–Trinajstić information content (AvgIpc) is 3.10. The molecule has 2 fully saturated rings. The maximum Gasteiger partial charge on any atom is 0.306 e. The standard InChI is InChI=1S/C27H30FN3O3/c1-15-8-20(2-3-23(15)28)31-25-12-19(14-29)24(30)13-21(25)22(11-16-9-18(10-16)27(32)33)26(31)17-4-6-34-7-5-17/h2-3,8,12-14,16-18,29H,4-7,9-11,30H2,1H3,(H,32,33). The molecule has 1 aliphatic carbocycles. The van der Waals surface area contributed by atoms with Crippen molar-refractivity contribution in [3.63, 3.8) is 0 Å². The lowest BCUT2D eigenvalue weighted by Crippen LogP contribution is -2.31. The minimum Gasteiger partial charge on any atom is -0.481 e. The highest BCUT2D eigenvalue weighted by Gasteiger charge is 2.36. The maximum absolute atomic E-state index is 14.2. The largest absolute Gasteiger partial charge is 0.481 e. The molecule has 0 spiro atoms. The van der Waals surface area contributed by atoms with E-state index in [0.717, 1.165) is 35.9 Å². The lowest BCUT2D eigenvalue weighted by Gasteiger charge is -2.33. The third-order valence-electron chi connectivity index (χ3n) is 7.56. The van der Waals surface area contributed by atoms with Crippen LogP contribution in [0.5, 0.6) is 0 Å². The third-order valence-corrected chi connectivity index (χ3v) is 7.56. The molecule has 3 aromatic rings. The van der Waals surface area contributed by atoms with Crippen molar-refractivity contribution in [3.8, 4) is 5.69 Å². The quantitative estimate of drug-likeness (QED) is 0.345. The first-order valence-corrected chi connectivity index (χ1v) is 11.9. The van der Waals surface area contributed by atoms with Gasteiger partial charge in [-0.3, -0.25) is 4.79 Å². The van der Waals surface area contributed by atoms with E-state index in [0.29, 0.717) is 48.8 Å². The fraction of sp³-hybridized carbons (Fsp3) is 0.407. The molecule has 6 nitrogen and oxygen atoms in total. The Morgan fingerprint density at radius 3 is 2.65 bits per heavy atom. The zero-order valence-corrected chi connectivity index (χ0v) is 19.3. The molecule has 2 heterocycles. The van der Waals surface area contributed by atoms with Crippen LogP contribution in [-0.2, 0) is 16.0 Å². The van der Waals surface area contributed by atoms with E-state index in [9.17, 15) is 14.3 Å². The van der Waals surface area contributed by atoms with Gasteiger partial charge in [-0.1, -0.05) is 0 Å². The third kappa shape index (κ3) is 3.88. The number of fused-ring (bicyclic) bond motifs is 1. The molecule has 0 amide bonds. The number of rotatable bonds is 6. The van der Waals surface area contributed by atoms with Crippen LogP contribution in [0.1, 0.15) is 54.0 Å². The Hall–Kier alpha value is -3.19. The summed E-state index contributed by atoms with van der Waals surface area (Å²) in [7, 11) is 0. The van der Waals surface area contributed by atoms with Crippen molar-refractivity contribution in [2.45, 2.75) is 44.9 Å². The molecule has 1 aromatic heterocycles. The van der Waals surface area contributed by atoms with E-state index in [1.54, 1.807) is 13.0 Å². The fourth-order valence-electron chi connectivity index (χ4n) is 5.63. The number of ether oxygens (including phenoxy) is 1. The number of carboxylic acids is 1. The molecule has 178 valence electrons. The molecule has 1 saturated heterocycles. The van der Waals surface area contributed by atoms with Gasteiger partial charge in [-0.15, -0.1) is 0 Å². The number of nitrogen functional groups attached to an aromatic ring is 1. The number of benzene rings is 2. The molecule has 2 aromatic carbocycles. The second-order valence-corrected chi connectivity index (χ2v) is 9.74. The normalized spacial score (nSPS) is 20.9. The number of halogens is 1. The highest BCUT2D eigenvalue weighted by Crippen LogP contribution is 2.44. The number of aliphatic carboxylic acids is 1. The molecule has 1 aliphatic heterocycles. The minimum atomic E-state index is -0.718. The van der Waals surface area contributed by atoms with Gasteiger partial charge in [-0.25, -0.2) is 4.39 Å². The molecule has 0 atom stereocenters. The Morgan fingerprint density at radius 1 is 1.26 bits per heavy atom. The number of nitrogens with two attached hydrogens (primary N) is 1. The lowest BCUT2D eigenvalue weighted by atomic mass is 9.71. The summed E-state index contributed by atoms with van der Waals surface area (Å²) in [6, 6.07) is 9.07. The van der Waals surface area contributed by atoms with E-state index >= 15 is 0 Å². The minimum absolute atomic E-state index is 0.244. The van der Waals surface area contributed by atoms with Crippen LogP contribution in [0.2, 0.25) is 0 Å². The lowest BCUT2D eigenvalue weighted by molar-refractivity contribution is -0.146. The zero-order valence-electron chi connectivity index (χ0n) is 19.3. The molecule has 2 aliphatic rings. The monoisotopic (exact) mass is 463 g/mol. The van der Waals surface area contributed by atoms with Crippen LogP contribution in [0.25, 0.3) is 16.6 Å². The Bertz CT molecular complexity index is 1270. The van der Waals surface area contributed by atoms with E-state index in [4.69, 9.17) is 15.9 Å². The molecule has 1 saturated carbocycles. The van der Waals surface area contributed by atoms with Gasteiger partial charge in [-0.05, 0) is 86.4 Å². The predicted octanol–water partition coefficient (Wildman–Crippen LogP) is 5.21. The van der Waals surface area contributed by atoms with Crippen molar-refractivity contribution >= 4 is 28.8 Å². The van der Waals surface area contributed by atoms with E-state index in [2.05, 4.69) is 4.57 Å². The van der Waals surface area contributed by atoms with Crippen molar-refractivity contribution in [1.29, 1.82) is 5.41 Å². The fourth-order valence-corrected chi connectivity index (χ4v) is 5.63. The van der Waals surface area contributed by atoms with Crippen LogP contribution < -0.4 is 5.73 Å². The van der Waals surface area contributed by atoms with E-state index < -0.39 is 5.97 Å². The highest BCUT2D eigenvalue weighted by atomic mass is 19.1. The van der Waals surface area contributed by atoms with Crippen LogP contribution in [0, 0.1) is 30.0 Å². The summed E-state index contributed by atoms with van der Waals surface area (Å²) in [4.78, 5) is 11.4. The number of hydrogen-bond acceptors (Lipinski definition) is 4. The number of carbonyl (C=O) groups is 1. The second kappa shape index (κ2) is 8.87. The van der Waals surface area contributed by atoms with E-state index in [1.165, 1.54) is 23.5 Å². The second-order valence-electron chi connectivity index (χ2n) is 9.74. The summed E-state index contributed by atoms with van der Waals surface area (Å²) in [6.45, 7) is 3.14. The number of carboxylic acid groups (broad SMARTS) is 1. The summed E-state index contributed by atoms with van der Waals surface area (Å²) < 4.78 is 22.0. The van der Waals surface area contributed by atoms with Gasteiger partial charge >= 0.3 is 5.97 Å². The van der Waals surface area contributed by atoms with Gasteiger partial charge < -0.3 is 25.6 Å². The maximum atomic E-state index is 14.2. The Morgan fingerprint density at radius 2 is 2.00 bits per heavy atom. The van der Waals surface area contributed by atoms with Gasteiger partial charge in [0.25, 0.3) is 0 Å².